The van der Waals surface area contributed by atoms with Gasteiger partial charge in [-0.15, -0.1) is 0 Å². The van der Waals surface area contributed by atoms with Gasteiger partial charge in [0, 0.05) is 17.7 Å². The molecule has 1 aliphatic rings. The molecule has 1 saturated heterocycles. The molecule has 1 fully saturated rings. The van der Waals surface area contributed by atoms with Crippen LogP contribution in [0.15, 0.2) is 48.5 Å². The lowest BCUT2D eigenvalue weighted by molar-refractivity contribution is -0.140. The van der Waals surface area contributed by atoms with Crippen LogP contribution in [-0.4, -0.2) is 37.4 Å². The Labute approximate surface area is 162 Å². The monoisotopic (exact) mass is 380 g/mol. The standard InChI is InChI=1S/C20H20N4O4/c1-28-18(26)11-4-13-2-7-16(8-3-13)24-17(25)12-23(20(24)27)15-9-5-14(6-10-15)19(21)22/h2-3,5-10H,4,11-12H2,1H3,(H3,21,22). The molecule has 144 valence electrons. The molecule has 1 heterocycles. The quantitative estimate of drug-likeness (QED) is 0.344. The summed E-state index contributed by atoms with van der Waals surface area (Å²) in [7, 11) is 1.34. The number of benzene rings is 2. The average molecular weight is 380 g/mol. The number of esters is 1. The normalized spacial score (nSPS) is 13.8. The summed E-state index contributed by atoms with van der Waals surface area (Å²) in [4.78, 5) is 38.9. The second-order valence-electron chi connectivity index (χ2n) is 6.30. The van der Waals surface area contributed by atoms with E-state index >= 15 is 0 Å². The largest absolute Gasteiger partial charge is 0.469 e. The van der Waals surface area contributed by atoms with Gasteiger partial charge < -0.3 is 10.5 Å². The smallest absolute Gasteiger partial charge is 0.336 e. The number of methoxy groups -OCH3 is 1. The summed E-state index contributed by atoms with van der Waals surface area (Å²) in [5.74, 6) is -0.687. The van der Waals surface area contributed by atoms with Crippen LogP contribution in [0.25, 0.3) is 0 Å². The van der Waals surface area contributed by atoms with Gasteiger partial charge in [-0.2, -0.15) is 0 Å². The molecule has 28 heavy (non-hydrogen) atoms. The molecule has 2 aromatic carbocycles. The molecule has 0 unspecified atom stereocenters. The highest BCUT2D eigenvalue weighted by molar-refractivity contribution is 6.27. The van der Waals surface area contributed by atoms with Gasteiger partial charge in [-0.1, -0.05) is 12.1 Å². The SMILES string of the molecule is COC(=O)CCc1ccc(N2C(=O)CN(c3ccc(C(=N)N)cc3)C2=O)cc1. The summed E-state index contributed by atoms with van der Waals surface area (Å²) >= 11 is 0. The first kappa shape index (κ1) is 19.1. The molecule has 0 saturated carbocycles. The number of nitrogens with one attached hydrogen (secondary N) is 1. The second kappa shape index (κ2) is 7.91. The summed E-state index contributed by atoms with van der Waals surface area (Å²) in [6.07, 6.45) is 0.783. The fourth-order valence-electron chi connectivity index (χ4n) is 2.94. The van der Waals surface area contributed by atoms with Crippen molar-refractivity contribution in [2.45, 2.75) is 12.8 Å². The van der Waals surface area contributed by atoms with E-state index in [4.69, 9.17) is 11.1 Å². The number of ether oxygens (including phenoxy) is 1. The highest BCUT2D eigenvalue weighted by Gasteiger charge is 2.37. The predicted octanol–water partition coefficient (Wildman–Crippen LogP) is 2.05. The molecule has 0 bridgehead atoms. The Morgan fingerprint density at radius 1 is 1.07 bits per heavy atom. The van der Waals surface area contributed by atoms with E-state index in [9.17, 15) is 14.4 Å². The van der Waals surface area contributed by atoms with Gasteiger partial charge in [-0.25, -0.2) is 9.69 Å². The molecule has 3 N–H and O–H groups in total. The molecular formula is C20H20N4O4. The fourth-order valence-corrected chi connectivity index (χ4v) is 2.94. The number of hydrogen-bond acceptors (Lipinski definition) is 5. The van der Waals surface area contributed by atoms with Crippen LogP contribution in [0.1, 0.15) is 17.5 Å². The van der Waals surface area contributed by atoms with E-state index in [0.717, 1.165) is 10.5 Å². The minimum Gasteiger partial charge on any atom is -0.469 e. The minimum atomic E-state index is -0.442. The lowest BCUT2D eigenvalue weighted by atomic mass is 10.1. The van der Waals surface area contributed by atoms with Crippen molar-refractivity contribution in [1.82, 2.24) is 0 Å². The number of urea groups is 1. The molecule has 1 aliphatic heterocycles. The van der Waals surface area contributed by atoms with Crippen LogP contribution >= 0.6 is 0 Å². The maximum atomic E-state index is 12.8. The number of amidine groups is 1. The highest BCUT2D eigenvalue weighted by Crippen LogP contribution is 2.26. The Morgan fingerprint density at radius 2 is 1.68 bits per heavy atom. The number of imide groups is 1. The van der Waals surface area contributed by atoms with Crippen LogP contribution < -0.4 is 15.5 Å². The molecule has 0 aromatic heterocycles. The summed E-state index contributed by atoms with van der Waals surface area (Å²) in [5.41, 5.74) is 7.92. The van der Waals surface area contributed by atoms with E-state index in [1.807, 2.05) is 0 Å². The number of hydrogen-bond donors (Lipinski definition) is 2. The van der Waals surface area contributed by atoms with Crippen molar-refractivity contribution in [3.63, 3.8) is 0 Å². The first-order valence-corrected chi connectivity index (χ1v) is 8.65. The number of nitrogen functional groups attached to an aromatic ring is 1. The van der Waals surface area contributed by atoms with E-state index in [-0.39, 0.29) is 30.7 Å². The molecule has 0 radical (unpaired) electrons. The van der Waals surface area contributed by atoms with Gasteiger partial charge in [-0.3, -0.25) is 19.9 Å². The maximum Gasteiger partial charge on any atom is 0.336 e. The molecule has 0 aliphatic carbocycles. The summed E-state index contributed by atoms with van der Waals surface area (Å²) in [6.45, 7) is -0.0671. The maximum absolute atomic E-state index is 12.8. The fraction of sp³-hybridized carbons (Fsp3) is 0.200. The van der Waals surface area contributed by atoms with Crippen molar-refractivity contribution < 1.29 is 19.1 Å². The van der Waals surface area contributed by atoms with Crippen molar-refractivity contribution in [2.75, 3.05) is 23.5 Å². The summed E-state index contributed by atoms with van der Waals surface area (Å²) < 4.78 is 4.62. The number of aryl methyl sites for hydroxylation is 1. The van der Waals surface area contributed by atoms with Gasteiger partial charge >= 0.3 is 12.0 Å². The van der Waals surface area contributed by atoms with Crippen LogP contribution in [0.3, 0.4) is 0 Å². The van der Waals surface area contributed by atoms with E-state index < -0.39 is 6.03 Å². The van der Waals surface area contributed by atoms with Gasteiger partial charge in [0.1, 0.15) is 12.4 Å². The molecule has 2 aromatic rings. The Kier molecular flexibility index (Phi) is 5.39. The Hall–Kier alpha value is -3.68. The number of rotatable bonds is 6. The molecule has 8 heteroatoms. The van der Waals surface area contributed by atoms with Crippen molar-refractivity contribution in [3.05, 3.63) is 59.7 Å². The Balaban J connectivity index is 1.74. The van der Waals surface area contributed by atoms with Crippen LogP contribution in [0, 0.1) is 5.41 Å². The lowest BCUT2D eigenvalue weighted by Gasteiger charge is -2.17. The Bertz CT molecular complexity index is 922. The first-order valence-electron chi connectivity index (χ1n) is 8.65. The average Bonchev–Trinajstić information content (AvgIpc) is 3.00. The lowest BCUT2D eigenvalue weighted by Crippen LogP contribution is -2.33. The second-order valence-corrected chi connectivity index (χ2v) is 6.30. The molecule has 8 nitrogen and oxygen atoms in total. The molecule has 3 amide bonds. The van der Waals surface area contributed by atoms with Crippen molar-refractivity contribution in [3.8, 4) is 0 Å². The third kappa shape index (κ3) is 3.85. The zero-order valence-corrected chi connectivity index (χ0v) is 15.3. The zero-order valence-electron chi connectivity index (χ0n) is 15.3. The number of nitrogens with two attached hydrogens (primary N) is 1. The van der Waals surface area contributed by atoms with Crippen LogP contribution in [0.5, 0.6) is 0 Å². The molecular weight excluding hydrogens is 360 g/mol. The van der Waals surface area contributed by atoms with Gasteiger partial charge in [0.15, 0.2) is 0 Å². The van der Waals surface area contributed by atoms with Crippen molar-refractivity contribution >= 4 is 35.1 Å². The van der Waals surface area contributed by atoms with E-state index in [2.05, 4.69) is 4.74 Å². The minimum absolute atomic E-state index is 0.0655. The number of anilines is 2. The van der Waals surface area contributed by atoms with Gasteiger partial charge in [-0.05, 0) is 48.4 Å². The molecule has 0 spiro atoms. The topological polar surface area (TPSA) is 117 Å². The van der Waals surface area contributed by atoms with Crippen molar-refractivity contribution in [2.24, 2.45) is 5.73 Å². The van der Waals surface area contributed by atoms with Gasteiger partial charge in [0.2, 0.25) is 0 Å². The summed E-state index contributed by atoms with van der Waals surface area (Å²) in [5, 5.41) is 7.42. The number of carbonyl (C=O) groups excluding carboxylic acids is 3. The van der Waals surface area contributed by atoms with Crippen LogP contribution in [0.4, 0.5) is 16.2 Å². The predicted molar refractivity (Wildman–Crippen MR) is 104 cm³/mol. The Morgan fingerprint density at radius 3 is 2.25 bits per heavy atom. The van der Waals surface area contributed by atoms with Crippen molar-refractivity contribution in [1.29, 1.82) is 5.41 Å². The number of carbonyl (C=O) groups is 3. The number of amides is 3. The third-order valence-corrected chi connectivity index (χ3v) is 4.49. The summed E-state index contributed by atoms with van der Waals surface area (Å²) in [6, 6.07) is 13.1. The van der Waals surface area contributed by atoms with Gasteiger partial charge in [0.05, 0.1) is 12.8 Å². The van der Waals surface area contributed by atoms with E-state index in [0.29, 0.717) is 23.4 Å². The van der Waals surface area contributed by atoms with E-state index in [1.165, 1.54) is 12.0 Å². The molecule has 3 rings (SSSR count). The van der Waals surface area contributed by atoms with E-state index in [1.54, 1.807) is 48.5 Å². The highest BCUT2D eigenvalue weighted by atomic mass is 16.5. The number of nitrogens with zero attached hydrogens (tertiary/aromatic N) is 2. The third-order valence-electron chi connectivity index (χ3n) is 4.49. The van der Waals surface area contributed by atoms with Crippen LogP contribution in [0.2, 0.25) is 0 Å². The van der Waals surface area contributed by atoms with Gasteiger partial charge in [0.25, 0.3) is 5.91 Å². The first-order chi connectivity index (χ1) is 13.4. The zero-order chi connectivity index (χ0) is 20.3. The molecule has 0 atom stereocenters. The van der Waals surface area contributed by atoms with Crippen LogP contribution in [-0.2, 0) is 20.7 Å².